The first-order chi connectivity index (χ1) is 12.4. The summed E-state index contributed by atoms with van der Waals surface area (Å²) in [5.41, 5.74) is -0.103. The first kappa shape index (κ1) is 20.6. The Hall–Kier alpha value is -1.75. The van der Waals surface area contributed by atoms with Crippen LogP contribution in [-0.4, -0.2) is 35.1 Å². The molecule has 0 N–H and O–H groups in total. The predicted octanol–water partition coefficient (Wildman–Crippen LogP) is 4.59. The Balaban J connectivity index is 2.10. The smallest absolute Gasteiger partial charge is 0.187 e. The van der Waals surface area contributed by atoms with Gasteiger partial charge in [-0.15, -0.1) is 0 Å². The van der Waals surface area contributed by atoms with Crippen LogP contribution >= 0.6 is 11.6 Å². The molecule has 26 heavy (non-hydrogen) atoms. The second kappa shape index (κ2) is 9.81. The first-order valence-electron chi connectivity index (χ1n) is 8.62. The van der Waals surface area contributed by atoms with Crippen LogP contribution in [0.4, 0.5) is 4.39 Å². The lowest BCUT2D eigenvalue weighted by Crippen LogP contribution is -2.45. The Morgan fingerprint density at radius 2 is 1.50 bits per heavy atom. The van der Waals surface area contributed by atoms with Gasteiger partial charge >= 0.3 is 0 Å². The molecule has 0 heterocycles. The fourth-order valence-corrected chi connectivity index (χ4v) is 2.94. The van der Waals surface area contributed by atoms with Gasteiger partial charge in [0.2, 0.25) is 0 Å². The second-order valence-corrected chi connectivity index (χ2v) is 7.25. The number of carbonyl (C=O) groups is 1. The molecule has 0 saturated carbocycles. The minimum atomic E-state index is -1.31. The maximum Gasteiger partial charge on any atom is 0.187 e. The van der Waals surface area contributed by atoms with Crippen molar-refractivity contribution in [1.82, 2.24) is 4.90 Å². The maximum absolute atomic E-state index is 15.0. The number of rotatable bonds is 10. The number of hydrogen-bond acceptors (Lipinski definition) is 3. The molecule has 2 rings (SSSR count). The molecule has 5 heteroatoms. The predicted molar refractivity (Wildman–Crippen MR) is 103 cm³/mol. The van der Waals surface area contributed by atoms with Gasteiger partial charge in [0.15, 0.2) is 11.8 Å². The number of alkyl halides is 2. The third-order valence-corrected chi connectivity index (χ3v) is 4.39. The highest BCUT2D eigenvalue weighted by Gasteiger charge is 2.34. The molecule has 3 nitrogen and oxygen atoms in total. The number of aldehydes is 1. The van der Waals surface area contributed by atoms with E-state index >= 15 is 0 Å². The van der Waals surface area contributed by atoms with Gasteiger partial charge in [0.1, 0.15) is 6.17 Å². The van der Waals surface area contributed by atoms with Crippen molar-refractivity contribution in [1.29, 1.82) is 0 Å². The second-order valence-electron chi connectivity index (χ2n) is 6.82. The molecule has 0 spiro atoms. The van der Waals surface area contributed by atoms with Gasteiger partial charge in [-0.2, -0.15) is 0 Å². The van der Waals surface area contributed by atoms with Crippen molar-refractivity contribution in [2.75, 3.05) is 6.54 Å². The van der Waals surface area contributed by atoms with E-state index in [2.05, 4.69) is 0 Å². The molecule has 2 aromatic carbocycles. The monoisotopic (exact) mass is 377 g/mol. The summed E-state index contributed by atoms with van der Waals surface area (Å²) in [6, 6.07) is 19.9. The molecule has 2 unspecified atom stereocenters. The number of benzene rings is 2. The lowest BCUT2D eigenvalue weighted by atomic mass is 10.0. The van der Waals surface area contributed by atoms with Crippen LogP contribution in [0.25, 0.3) is 0 Å². The third kappa shape index (κ3) is 6.52. The Kier molecular flexibility index (Phi) is 7.76. The lowest BCUT2D eigenvalue weighted by Gasteiger charge is -2.33. The van der Waals surface area contributed by atoms with E-state index < -0.39 is 17.3 Å². The Labute approximate surface area is 159 Å². The third-order valence-electron chi connectivity index (χ3n) is 4.19. The highest BCUT2D eigenvalue weighted by molar-refractivity contribution is 6.26. The molecule has 0 aliphatic heterocycles. The van der Waals surface area contributed by atoms with Crippen LogP contribution in [0.1, 0.15) is 25.0 Å². The number of carbonyl (C=O) groups excluding carboxylic acids is 1. The SMILES string of the molecule is CC(C)(OC(Cl)C=O)C(F)CN(Cc1ccccc1)Cc1ccccc1. The molecule has 140 valence electrons. The van der Waals surface area contributed by atoms with Gasteiger partial charge < -0.3 is 4.74 Å². The number of halogens is 2. The first-order valence-corrected chi connectivity index (χ1v) is 9.06. The van der Waals surface area contributed by atoms with Gasteiger partial charge in [0.25, 0.3) is 0 Å². The van der Waals surface area contributed by atoms with E-state index in [1.165, 1.54) is 0 Å². The van der Waals surface area contributed by atoms with Crippen LogP contribution in [0.3, 0.4) is 0 Å². The molecule has 0 aromatic heterocycles. The number of nitrogens with zero attached hydrogens (tertiary/aromatic N) is 1. The molecule has 0 aliphatic carbocycles. The summed E-state index contributed by atoms with van der Waals surface area (Å²) < 4.78 is 20.3. The average Bonchev–Trinajstić information content (AvgIpc) is 2.63. The highest BCUT2D eigenvalue weighted by Crippen LogP contribution is 2.23. The Bertz CT molecular complexity index is 625. The molecule has 2 atom stereocenters. The van der Waals surface area contributed by atoms with Crippen LogP contribution in [0.5, 0.6) is 0 Å². The zero-order valence-corrected chi connectivity index (χ0v) is 15.9. The van der Waals surface area contributed by atoms with E-state index in [1.807, 2.05) is 65.6 Å². The summed E-state index contributed by atoms with van der Waals surface area (Å²) in [6.45, 7) is 4.62. The fourth-order valence-electron chi connectivity index (χ4n) is 2.71. The van der Waals surface area contributed by atoms with E-state index in [4.69, 9.17) is 16.3 Å². The fraction of sp³-hybridized carbons (Fsp3) is 0.381. The van der Waals surface area contributed by atoms with E-state index in [0.29, 0.717) is 19.4 Å². The van der Waals surface area contributed by atoms with E-state index in [9.17, 15) is 9.18 Å². The van der Waals surface area contributed by atoms with E-state index in [0.717, 1.165) is 11.1 Å². The highest BCUT2D eigenvalue weighted by atomic mass is 35.5. The summed E-state index contributed by atoms with van der Waals surface area (Å²) in [5, 5.41) is 0. The largest absolute Gasteiger partial charge is 0.346 e. The standard InChI is InChI=1S/C21H25ClFNO2/c1-21(2,26-20(22)16-25)19(23)15-24(13-17-9-5-3-6-10-17)14-18-11-7-4-8-12-18/h3-12,16,19-20H,13-15H2,1-2H3. The van der Waals surface area contributed by atoms with Crippen molar-refractivity contribution in [2.24, 2.45) is 0 Å². The molecule has 0 amide bonds. The molecule has 0 radical (unpaired) electrons. The minimum Gasteiger partial charge on any atom is -0.346 e. The van der Waals surface area contributed by atoms with Crippen LogP contribution in [0.2, 0.25) is 0 Å². The zero-order valence-electron chi connectivity index (χ0n) is 15.1. The summed E-state index contributed by atoms with van der Waals surface area (Å²) >= 11 is 5.72. The van der Waals surface area contributed by atoms with Crippen LogP contribution in [-0.2, 0) is 22.6 Å². The Morgan fingerprint density at radius 3 is 1.92 bits per heavy atom. The normalized spacial score (nSPS) is 14.2. The van der Waals surface area contributed by atoms with Gasteiger partial charge in [-0.3, -0.25) is 9.69 Å². The molecule has 0 aliphatic rings. The van der Waals surface area contributed by atoms with Crippen molar-refractivity contribution >= 4 is 17.9 Å². The molecule has 0 saturated heterocycles. The van der Waals surface area contributed by atoms with Gasteiger partial charge in [-0.25, -0.2) is 4.39 Å². The van der Waals surface area contributed by atoms with Crippen LogP contribution in [0, 0.1) is 0 Å². The van der Waals surface area contributed by atoms with E-state index in [-0.39, 0.29) is 6.54 Å². The Morgan fingerprint density at radius 1 is 1.04 bits per heavy atom. The topological polar surface area (TPSA) is 29.5 Å². The summed E-state index contributed by atoms with van der Waals surface area (Å²) in [6.07, 6.45) is -0.849. The summed E-state index contributed by atoms with van der Waals surface area (Å²) in [4.78, 5) is 12.8. The van der Waals surface area contributed by atoms with Crippen molar-refractivity contribution < 1.29 is 13.9 Å². The molecule has 0 fully saturated rings. The average molecular weight is 378 g/mol. The molecule has 0 bridgehead atoms. The van der Waals surface area contributed by atoms with Gasteiger partial charge in [-0.1, -0.05) is 72.3 Å². The van der Waals surface area contributed by atoms with Crippen LogP contribution < -0.4 is 0 Å². The quantitative estimate of drug-likeness (QED) is 0.448. The zero-order chi connectivity index (χ0) is 19.0. The molecule has 2 aromatic rings. The molecular formula is C21H25ClFNO2. The minimum absolute atomic E-state index is 0.166. The number of ether oxygens (including phenoxy) is 1. The maximum atomic E-state index is 15.0. The summed E-state index contributed by atoms with van der Waals surface area (Å²) in [7, 11) is 0. The van der Waals surface area contributed by atoms with Crippen molar-refractivity contribution in [3.8, 4) is 0 Å². The van der Waals surface area contributed by atoms with Crippen molar-refractivity contribution in [3.63, 3.8) is 0 Å². The van der Waals surface area contributed by atoms with Crippen molar-refractivity contribution in [2.45, 2.75) is 44.3 Å². The lowest BCUT2D eigenvalue weighted by molar-refractivity contribution is -0.129. The van der Waals surface area contributed by atoms with Gasteiger partial charge in [-0.05, 0) is 25.0 Å². The van der Waals surface area contributed by atoms with Crippen LogP contribution in [0.15, 0.2) is 60.7 Å². The number of hydrogen-bond donors (Lipinski definition) is 0. The summed E-state index contributed by atoms with van der Waals surface area (Å²) in [5.74, 6) is 0. The van der Waals surface area contributed by atoms with E-state index in [1.54, 1.807) is 13.8 Å². The van der Waals surface area contributed by atoms with Gasteiger partial charge in [0.05, 0.1) is 5.60 Å². The van der Waals surface area contributed by atoms with Gasteiger partial charge in [0, 0.05) is 19.6 Å². The van der Waals surface area contributed by atoms with Crippen molar-refractivity contribution in [3.05, 3.63) is 71.8 Å². The molecular weight excluding hydrogens is 353 g/mol.